The van der Waals surface area contributed by atoms with Crippen molar-refractivity contribution in [3.05, 3.63) is 11.6 Å². The largest absolute Gasteiger partial charge is 0.459 e. The molecule has 8 nitrogen and oxygen atoms in total. The van der Waals surface area contributed by atoms with Crippen LogP contribution < -0.4 is 0 Å². The lowest BCUT2D eigenvalue weighted by molar-refractivity contribution is -0.173. The van der Waals surface area contributed by atoms with Crippen LogP contribution in [-0.2, 0) is 28.6 Å². The predicted molar refractivity (Wildman–Crippen MR) is 93.7 cm³/mol. The lowest BCUT2D eigenvalue weighted by Crippen LogP contribution is -2.48. The van der Waals surface area contributed by atoms with Gasteiger partial charge in [0.25, 0.3) is 0 Å². The highest BCUT2D eigenvalue weighted by Gasteiger charge is 2.63. The SMILES string of the molecule is C[C@@H]1CC2(O[C@@H]2C)C(=O)O[C@@H]2CCN(C)CC=C(COC(=O)[C@]1(C)O)C2=O. The minimum Gasteiger partial charge on any atom is -0.459 e. The summed E-state index contributed by atoms with van der Waals surface area (Å²) in [5.41, 5.74) is -2.81. The summed E-state index contributed by atoms with van der Waals surface area (Å²) in [6.45, 7) is 5.57. The van der Waals surface area contributed by atoms with Gasteiger partial charge in [0.05, 0.1) is 6.10 Å². The summed E-state index contributed by atoms with van der Waals surface area (Å²) >= 11 is 0. The van der Waals surface area contributed by atoms with Crippen molar-refractivity contribution in [3.8, 4) is 0 Å². The molecule has 3 aliphatic heterocycles. The molecule has 0 radical (unpaired) electrons. The van der Waals surface area contributed by atoms with Crippen LogP contribution in [0.4, 0.5) is 0 Å². The number of hydrogen-bond acceptors (Lipinski definition) is 8. The van der Waals surface area contributed by atoms with Crippen molar-refractivity contribution < 1.29 is 33.7 Å². The second kappa shape index (κ2) is 7.00. The Balaban J connectivity index is 1.97. The van der Waals surface area contributed by atoms with E-state index in [1.165, 1.54) is 6.92 Å². The van der Waals surface area contributed by atoms with Gasteiger partial charge in [-0.25, -0.2) is 9.59 Å². The third kappa shape index (κ3) is 3.66. The van der Waals surface area contributed by atoms with Crippen LogP contribution in [0.1, 0.15) is 33.6 Å². The van der Waals surface area contributed by atoms with E-state index in [2.05, 4.69) is 0 Å². The van der Waals surface area contributed by atoms with Crippen molar-refractivity contribution >= 4 is 17.7 Å². The van der Waals surface area contributed by atoms with E-state index in [0.717, 1.165) is 0 Å². The van der Waals surface area contributed by atoms with Gasteiger partial charge in [0, 0.05) is 25.1 Å². The molecular weight excluding hydrogens is 354 g/mol. The fraction of sp³-hybridized carbons (Fsp3) is 0.737. The number of carbonyl (C=O) groups is 3. The number of esters is 2. The summed E-state index contributed by atoms with van der Waals surface area (Å²) in [7, 11) is 1.89. The van der Waals surface area contributed by atoms with Gasteiger partial charge in [-0.05, 0) is 33.2 Å². The Kier molecular flexibility index (Phi) is 5.18. The van der Waals surface area contributed by atoms with Gasteiger partial charge >= 0.3 is 11.9 Å². The number of fused-ring (bicyclic) bond motifs is 2. The first-order chi connectivity index (χ1) is 12.6. The van der Waals surface area contributed by atoms with Crippen LogP contribution in [0.3, 0.4) is 0 Å². The molecule has 0 aromatic carbocycles. The van der Waals surface area contributed by atoms with E-state index in [4.69, 9.17) is 14.2 Å². The van der Waals surface area contributed by atoms with Gasteiger partial charge in [0.2, 0.25) is 5.78 Å². The zero-order chi connectivity index (χ0) is 20.0. The van der Waals surface area contributed by atoms with Crippen molar-refractivity contribution in [1.82, 2.24) is 4.90 Å². The fourth-order valence-electron chi connectivity index (χ4n) is 3.54. The number of Topliss-reactive ketones (excluding diaryl/α,β-unsaturated/α-hetero) is 1. The van der Waals surface area contributed by atoms with E-state index in [1.807, 2.05) is 11.9 Å². The maximum absolute atomic E-state index is 12.9. The Morgan fingerprint density at radius 1 is 1.22 bits per heavy atom. The van der Waals surface area contributed by atoms with Gasteiger partial charge in [-0.15, -0.1) is 0 Å². The average Bonchev–Trinajstić information content (AvgIpc) is 3.26. The van der Waals surface area contributed by atoms with Gasteiger partial charge in [0.1, 0.15) is 6.61 Å². The fourth-order valence-corrected chi connectivity index (χ4v) is 3.54. The molecule has 3 aliphatic rings. The number of nitrogens with zero attached hydrogens (tertiary/aromatic N) is 1. The first-order valence-electron chi connectivity index (χ1n) is 9.28. The van der Waals surface area contributed by atoms with E-state index >= 15 is 0 Å². The molecule has 0 aromatic heterocycles. The number of rotatable bonds is 0. The first kappa shape index (κ1) is 20.0. The van der Waals surface area contributed by atoms with Gasteiger partial charge in [-0.3, -0.25) is 4.79 Å². The molecule has 0 saturated carbocycles. The Hall–Kier alpha value is -1.77. The Bertz CT molecular complexity index is 686. The maximum atomic E-state index is 12.9. The molecule has 2 fully saturated rings. The van der Waals surface area contributed by atoms with Crippen LogP contribution in [0, 0.1) is 5.92 Å². The summed E-state index contributed by atoms with van der Waals surface area (Å²) in [5, 5.41) is 10.7. The molecule has 3 heterocycles. The summed E-state index contributed by atoms with van der Waals surface area (Å²) in [6.07, 6.45) is 0.756. The Morgan fingerprint density at radius 2 is 1.89 bits per heavy atom. The maximum Gasteiger partial charge on any atom is 0.341 e. The normalized spacial score (nSPS) is 41.4. The summed E-state index contributed by atoms with van der Waals surface area (Å²) in [4.78, 5) is 40.2. The number of carbonyl (C=O) groups excluding carboxylic acids is 3. The zero-order valence-electron chi connectivity index (χ0n) is 16.2. The van der Waals surface area contributed by atoms with Crippen LogP contribution >= 0.6 is 0 Å². The number of epoxide rings is 1. The monoisotopic (exact) mass is 381 g/mol. The minimum atomic E-state index is -1.82. The van der Waals surface area contributed by atoms with Gasteiger partial charge < -0.3 is 24.2 Å². The predicted octanol–water partition coefficient (Wildman–Crippen LogP) is 0.221. The lowest BCUT2D eigenvalue weighted by Gasteiger charge is -2.32. The lowest BCUT2D eigenvalue weighted by atomic mass is 9.82. The molecule has 0 aromatic rings. The number of likely N-dealkylation sites (N-methyl/N-ethyl adjacent to an activating group) is 1. The molecule has 2 saturated heterocycles. The van der Waals surface area contributed by atoms with E-state index in [0.29, 0.717) is 19.5 Å². The summed E-state index contributed by atoms with van der Waals surface area (Å²) in [6, 6.07) is 0. The quantitative estimate of drug-likeness (QED) is 0.469. The number of aliphatic hydroxyl groups is 1. The Labute approximate surface area is 158 Å². The minimum absolute atomic E-state index is 0.0958. The van der Waals surface area contributed by atoms with Gasteiger partial charge in [0.15, 0.2) is 17.3 Å². The van der Waals surface area contributed by atoms with Crippen molar-refractivity contribution in [2.24, 2.45) is 5.92 Å². The number of ketones is 1. The Morgan fingerprint density at radius 3 is 2.52 bits per heavy atom. The first-order valence-corrected chi connectivity index (χ1v) is 9.28. The molecule has 150 valence electrons. The zero-order valence-corrected chi connectivity index (χ0v) is 16.2. The van der Waals surface area contributed by atoms with Crippen LogP contribution in [0.25, 0.3) is 0 Å². The molecule has 27 heavy (non-hydrogen) atoms. The van der Waals surface area contributed by atoms with Crippen LogP contribution in [0.15, 0.2) is 11.6 Å². The molecular formula is C19H27NO7. The number of hydrogen-bond donors (Lipinski definition) is 1. The highest BCUT2D eigenvalue weighted by atomic mass is 16.7. The highest BCUT2D eigenvalue weighted by Crippen LogP contribution is 2.45. The second-order valence-electron chi connectivity index (χ2n) is 8.02. The molecule has 0 amide bonds. The van der Waals surface area contributed by atoms with Crippen molar-refractivity contribution in [2.75, 3.05) is 26.7 Å². The molecule has 1 unspecified atom stereocenters. The number of ether oxygens (including phenoxy) is 3. The van der Waals surface area contributed by atoms with E-state index in [1.54, 1.807) is 19.9 Å². The van der Waals surface area contributed by atoms with Gasteiger partial charge in [-0.2, -0.15) is 0 Å². The molecule has 8 heteroatoms. The third-order valence-electron chi connectivity index (χ3n) is 5.95. The molecule has 0 aliphatic carbocycles. The van der Waals surface area contributed by atoms with E-state index in [9.17, 15) is 19.5 Å². The van der Waals surface area contributed by atoms with Crippen molar-refractivity contribution in [1.29, 1.82) is 0 Å². The van der Waals surface area contributed by atoms with Crippen LogP contribution in [0.5, 0.6) is 0 Å². The highest BCUT2D eigenvalue weighted by molar-refractivity contribution is 6.01. The molecule has 5 atom stereocenters. The summed E-state index contributed by atoms with van der Waals surface area (Å²) < 4.78 is 16.4. The smallest absolute Gasteiger partial charge is 0.341 e. The van der Waals surface area contributed by atoms with Crippen molar-refractivity contribution in [3.63, 3.8) is 0 Å². The third-order valence-corrected chi connectivity index (χ3v) is 5.95. The van der Waals surface area contributed by atoms with Crippen molar-refractivity contribution in [2.45, 2.75) is 57.0 Å². The molecule has 1 N–H and O–H groups in total. The van der Waals surface area contributed by atoms with E-state index in [-0.39, 0.29) is 24.4 Å². The second-order valence-corrected chi connectivity index (χ2v) is 8.02. The van der Waals surface area contributed by atoms with Crippen LogP contribution in [-0.4, -0.2) is 77.9 Å². The molecule has 2 bridgehead atoms. The average molecular weight is 381 g/mol. The summed E-state index contributed by atoms with van der Waals surface area (Å²) in [5.74, 6) is -2.43. The van der Waals surface area contributed by atoms with Crippen LogP contribution in [0.2, 0.25) is 0 Å². The molecule has 1 spiro atoms. The topological polar surface area (TPSA) is 106 Å². The number of cyclic esters (lactones) is 1. The standard InChI is InChI=1S/C19H27NO7/c1-11-9-19(12(2)27-19)17(23)26-14-6-8-20(4)7-5-13(15(14)21)10-25-16(22)18(11,3)24/h5,11-12,14,24H,6-10H2,1-4H3/t11-,12-,14-,18-,19?/m1/s1. The van der Waals surface area contributed by atoms with E-state index < -0.39 is 41.3 Å². The van der Waals surface area contributed by atoms with Gasteiger partial charge in [-0.1, -0.05) is 13.0 Å². The molecule has 3 rings (SSSR count).